The highest BCUT2D eigenvalue weighted by Gasteiger charge is 2.06. The van der Waals surface area contributed by atoms with Crippen LogP contribution in [0.15, 0.2) is 59.8 Å². The summed E-state index contributed by atoms with van der Waals surface area (Å²) in [5.41, 5.74) is 1.38. The normalized spacial score (nSPS) is 11.0. The second kappa shape index (κ2) is 5.69. The number of nitrogens with zero attached hydrogens (tertiary/aromatic N) is 4. The Bertz CT molecular complexity index is 1070. The van der Waals surface area contributed by atoms with Crippen molar-refractivity contribution in [2.75, 3.05) is 0 Å². The molecule has 1 N–H and O–H groups in total. The third-order valence-corrected chi connectivity index (χ3v) is 3.63. The Morgan fingerprint density at radius 2 is 2.00 bits per heavy atom. The van der Waals surface area contributed by atoms with Crippen LogP contribution in [-0.2, 0) is 6.42 Å². The van der Waals surface area contributed by atoms with Crippen molar-refractivity contribution in [2.45, 2.75) is 6.42 Å². The number of pyridine rings is 1. The van der Waals surface area contributed by atoms with Crippen molar-refractivity contribution in [3.63, 3.8) is 0 Å². The lowest BCUT2D eigenvalue weighted by molar-refractivity contribution is 0.627. The topological polar surface area (TPSA) is 76.5 Å². The molecule has 7 heteroatoms. The van der Waals surface area contributed by atoms with Crippen molar-refractivity contribution in [2.24, 2.45) is 0 Å². The number of fused-ring (bicyclic) bond motifs is 1. The summed E-state index contributed by atoms with van der Waals surface area (Å²) in [4.78, 5) is 23.6. The monoisotopic (exact) mass is 321 g/mol. The fourth-order valence-electron chi connectivity index (χ4n) is 2.49. The summed E-state index contributed by atoms with van der Waals surface area (Å²) in [6.07, 6.45) is 4.48. The predicted molar refractivity (Wildman–Crippen MR) is 86.5 cm³/mol. The molecule has 0 aliphatic rings. The first-order valence-electron chi connectivity index (χ1n) is 7.32. The first kappa shape index (κ1) is 14.3. The summed E-state index contributed by atoms with van der Waals surface area (Å²) in [6.45, 7) is 0. The molecule has 4 rings (SSSR count). The SMILES string of the molecule is O=c1[nH]c(Cc2ccc(-n3cc(F)cn3)nc2)nc2ccccc12. The number of rotatable bonds is 3. The summed E-state index contributed by atoms with van der Waals surface area (Å²) < 4.78 is 14.3. The Balaban J connectivity index is 1.62. The van der Waals surface area contributed by atoms with Gasteiger partial charge in [-0.25, -0.2) is 19.0 Å². The minimum atomic E-state index is -0.418. The number of para-hydroxylation sites is 1. The number of halogens is 1. The molecular formula is C17H12FN5O. The van der Waals surface area contributed by atoms with Gasteiger partial charge < -0.3 is 4.98 Å². The molecule has 0 aliphatic heterocycles. The van der Waals surface area contributed by atoms with Crippen molar-refractivity contribution < 1.29 is 4.39 Å². The molecule has 3 heterocycles. The number of H-pyrrole nitrogens is 1. The van der Waals surface area contributed by atoms with Gasteiger partial charge in [0.1, 0.15) is 5.82 Å². The Kier molecular flexibility index (Phi) is 3.38. The first-order valence-corrected chi connectivity index (χ1v) is 7.32. The fourth-order valence-corrected chi connectivity index (χ4v) is 2.49. The smallest absolute Gasteiger partial charge is 0.258 e. The fraction of sp³-hybridized carbons (Fsp3) is 0.0588. The minimum absolute atomic E-state index is 0.160. The van der Waals surface area contributed by atoms with Gasteiger partial charge in [-0.1, -0.05) is 18.2 Å². The van der Waals surface area contributed by atoms with Crippen LogP contribution in [0.4, 0.5) is 4.39 Å². The summed E-state index contributed by atoms with van der Waals surface area (Å²) in [7, 11) is 0. The largest absolute Gasteiger partial charge is 0.310 e. The number of hydrogen-bond acceptors (Lipinski definition) is 4. The second-order valence-corrected chi connectivity index (χ2v) is 5.33. The zero-order valence-electron chi connectivity index (χ0n) is 12.5. The number of hydrogen-bond donors (Lipinski definition) is 1. The van der Waals surface area contributed by atoms with E-state index in [1.54, 1.807) is 24.4 Å². The van der Waals surface area contributed by atoms with Gasteiger partial charge in [-0.15, -0.1) is 0 Å². The molecule has 3 aromatic heterocycles. The third-order valence-electron chi connectivity index (χ3n) is 3.63. The molecule has 0 fully saturated rings. The molecule has 0 atom stereocenters. The zero-order chi connectivity index (χ0) is 16.5. The van der Waals surface area contributed by atoms with Crippen molar-refractivity contribution in [1.29, 1.82) is 0 Å². The van der Waals surface area contributed by atoms with Crippen molar-refractivity contribution in [3.8, 4) is 5.82 Å². The molecule has 0 unspecified atom stereocenters. The molecule has 0 aliphatic carbocycles. The van der Waals surface area contributed by atoms with Crippen LogP contribution >= 0.6 is 0 Å². The minimum Gasteiger partial charge on any atom is -0.310 e. The van der Waals surface area contributed by atoms with Gasteiger partial charge in [-0.3, -0.25) is 4.79 Å². The van der Waals surface area contributed by atoms with Gasteiger partial charge >= 0.3 is 0 Å². The molecule has 4 aromatic rings. The zero-order valence-corrected chi connectivity index (χ0v) is 12.5. The quantitative estimate of drug-likeness (QED) is 0.628. The van der Waals surface area contributed by atoms with E-state index in [2.05, 4.69) is 20.1 Å². The lowest BCUT2D eigenvalue weighted by atomic mass is 10.2. The molecular weight excluding hydrogens is 309 g/mol. The second-order valence-electron chi connectivity index (χ2n) is 5.33. The molecule has 6 nitrogen and oxygen atoms in total. The van der Waals surface area contributed by atoms with Gasteiger partial charge in [0.25, 0.3) is 5.56 Å². The molecule has 0 saturated heterocycles. The molecule has 0 bridgehead atoms. The number of benzene rings is 1. The number of aromatic amines is 1. The molecule has 24 heavy (non-hydrogen) atoms. The highest BCUT2D eigenvalue weighted by Crippen LogP contribution is 2.11. The highest BCUT2D eigenvalue weighted by atomic mass is 19.1. The molecule has 1 aromatic carbocycles. The van der Waals surface area contributed by atoms with Gasteiger partial charge in [0.05, 0.1) is 23.3 Å². The predicted octanol–water partition coefficient (Wildman–Crippen LogP) is 2.23. The van der Waals surface area contributed by atoms with Crippen LogP contribution in [-0.4, -0.2) is 24.7 Å². The maximum Gasteiger partial charge on any atom is 0.258 e. The van der Waals surface area contributed by atoms with Crippen LogP contribution in [0, 0.1) is 5.82 Å². The third kappa shape index (κ3) is 2.67. The van der Waals surface area contributed by atoms with E-state index in [0.717, 1.165) is 11.8 Å². The van der Waals surface area contributed by atoms with Crippen LogP contribution in [0.2, 0.25) is 0 Å². The van der Waals surface area contributed by atoms with E-state index in [4.69, 9.17) is 0 Å². The summed E-state index contributed by atoms with van der Waals surface area (Å²) >= 11 is 0. The van der Waals surface area contributed by atoms with Gasteiger partial charge in [0.2, 0.25) is 0 Å². The molecule has 0 saturated carbocycles. The van der Waals surface area contributed by atoms with E-state index in [1.807, 2.05) is 18.2 Å². The van der Waals surface area contributed by atoms with Crippen molar-refractivity contribution in [3.05, 3.63) is 82.5 Å². The van der Waals surface area contributed by atoms with Crippen molar-refractivity contribution >= 4 is 10.9 Å². The van der Waals surface area contributed by atoms with E-state index in [9.17, 15) is 9.18 Å². The van der Waals surface area contributed by atoms with Crippen LogP contribution in [0.3, 0.4) is 0 Å². The van der Waals surface area contributed by atoms with E-state index < -0.39 is 5.82 Å². The lowest BCUT2D eigenvalue weighted by Crippen LogP contribution is -2.12. The Morgan fingerprint density at radius 1 is 1.12 bits per heavy atom. The molecule has 0 amide bonds. The van der Waals surface area contributed by atoms with E-state index in [-0.39, 0.29) is 5.56 Å². The number of aromatic nitrogens is 5. The van der Waals surface area contributed by atoms with Crippen LogP contribution < -0.4 is 5.56 Å². The standard InChI is InChI=1S/C17H12FN5O/c18-12-9-20-23(10-12)16-6-5-11(8-19-16)7-15-21-14-4-2-1-3-13(14)17(24)22-15/h1-6,8-10H,7H2,(H,21,22,24). The van der Waals surface area contributed by atoms with E-state index in [0.29, 0.717) is 29.0 Å². The van der Waals surface area contributed by atoms with Gasteiger partial charge in [0, 0.05) is 12.6 Å². The summed E-state index contributed by atoms with van der Waals surface area (Å²) in [5, 5.41) is 4.43. The molecule has 0 spiro atoms. The van der Waals surface area contributed by atoms with Crippen molar-refractivity contribution in [1.82, 2.24) is 24.7 Å². The van der Waals surface area contributed by atoms with Crippen LogP contribution in [0.5, 0.6) is 0 Å². The van der Waals surface area contributed by atoms with Crippen LogP contribution in [0.25, 0.3) is 16.7 Å². The first-order chi connectivity index (χ1) is 11.7. The van der Waals surface area contributed by atoms with Gasteiger partial charge in [0.15, 0.2) is 11.6 Å². The average molecular weight is 321 g/mol. The summed E-state index contributed by atoms with van der Waals surface area (Å²) in [6, 6.07) is 10.8. The van der Waals surface area contributed by atoms with Gasteiger partial charge in [-0.05, 0) is 23.8 Å². The van der Waals surface area contributed by atoms with Gasteiger partial charge in [-0.2, -0.15) is 5.10 Å². The molecule has 0 radical (unpaired) electrons. The van der Waals surface area contributed by atoms with E-state index in [1.165, 1.54) is 10.9 Å². The van der Waals surface area contributed by atoms with Crippen LogP contribution in [0.1, 0.15) is 11.4 Å². The highest BCUT2D eigenvalue weighted by molar-refractivity contribution is 5.77. The Morgan fingerprint density at radius 3 is 2.75 bits per heavy atom. The summed E-state index contributed by atoms with van der Waals surface area (Å²) in [5.74, 6) is 0.666. The number of nitrogens with one attached hydrogen (secondary N) is 1. The molecule has 118 valence electrons. The van der Waals surface area contributed by atoms with E-state index >= 15 is 0 Å². The maximum atomic E-state index is 13.0. The Labute approximate surface area is 135 Å². The lowest BCUT2D eigenvalue weighted by Gasteiger charge is -2.04. The maximum absolute atomic E-state index is 13.0. The average Bonchev–Trinajstić information content (AvgIpc) is 3.02. The Hall–Kier alpha value is -3.35.